The molecule has 1 heterocycles. The zero-order valence-corrected chi connectivity index (χ0v) is 21.3. The van der Waals surface area contributed by atoms with Gasteiger partial charge in [0.25, 0.3) is 6.29 Å². The molecule has 7 atom stereocenters. The summed E-state index contributed by atoms with van der Waals surface area (Å²) < 4.78 is 16.4. The highest BCUT2D eigenvalue weighted by Crippen LogP contribution is 2.28. The molecule has 0 spiro atoms. The van der Waals surface area contributed by atoms with Crippen molar-refractivity contribution < 1.29 is 43.9 Å². The van der Waals surface area contributed by atoms with Crippen LogP contribution in [0.4, 0.5) is 0 Å². The Kier molecular flexibility index (Phi) is 11.0. The summed E-state index contributed by atoms with van der Waals surface area (Å²) >= 11 is 0. The zero-order chi connectivity index (χ0) is 28.6. The predicted octanol–water partition coefficient (Wildman–Crippen LogP) is -2.10. The van der Waals surface area contributed by atoms with E-state index in [1.54, 1.807) is 44.2 Å². The number of rotatable bonds is 11. The van der Waals surface area contributed by atoms with E-state index in [1.807, 2.05) is 0 Å². The van der Waals surface area contributed by atoms with Crippen molar-refractivity contribution in [2.45, 2.75) is 63.5 Å². The average molecular weight is 538 g/mol. The number of benzene rings is 1. The number of carbonyl (C=O) groups is 3. The number of esters is 2. The number of nitrogens with one attached hydrogen (secondary N) is 1. The van der Waals surface area contributed by atoms with Gasteiger partial charge in [-0.1, -0.05) is 44.2 Å². The maximum absolute atomic E-state index is 13.2. The molecular formula is C24H35N5O9. The van der Waals surface area contributed by atoms with Crippen molar-refractivity contribution in [2.75, 3.05) is 6.61 Å². The van der Waals surface area contributed by atoms with Crippen LogP contribution in [0.25, 0.3) is 0 Å². The molecule has 0 saturated heterocycles. The number of ether oxygens (including phenoxy) is 3. The van der Waals surface area contributed by atoms with Gasteiger partial charge in [0.05, 0.1) is 18.7 Å². The van der Waals surface area contributed by atoms with Crippen LogP contribution < -0.4 is 22.5 Å². The van der Waals surface area contributed by atoms with Crippen molar-refractivity contribution in [2.24, 2.45) is 28.1 Å². The van der Waals surface area contributed by atoms with Crippen LogP contribution in [-0.4, -0.2) is 82.2 Å². The monoisotopic (exact) mass is 537 g/mol. The van der Waals surface area contributed by atoms with Crippen LogP contribution in [0.2, 0.25) is 0 Å². The van der Waals surface area contributed by atoms with Gasteiger partial charge in [-0.3, -0.25) is 9.59 Å². The zero-order valence-electron chi connectivity index (χ0n) is 21.3. The third kappa shape index (κ3) is 8.14. The summed E-state index contributed by atoms with van der Waals surface area (Å²) in [5, 5.41) is 32.5. The van der Waals surface area contributed by atoms with Gasteiger partial charge in [0, 0.05) is 12.5 Å². The first-order valence-corrected chi connectivity index (χ1v) is 11.8. The molecule has 1 amide bonds. The third-order valence-electron chi connectivity index (χ3n) is 5.59. The van der Waals surface area contributed by atoms with Gasteiger partial charge in [0.15, 0.2) is 5.96 Å². The lowest BCUT2D eigenvalue weighted by molar-refractivity contribution is -0.193. The number of aliphatic hydroxyl groups excluding tert-OH is 3. The summed E-state index contributed by atoms with van der Waals surface area (Å²) in [5.41, 5.74) is 17.2. The lowest BCUT2D eigenvalue weighted by Crippen LogP contribution is -2.59. The Labute approximate surface area is 219 Å². The van der Waals surface area contributed by atoms with Gasteiger partial charge in [-0.2, -0.15) is 0 Å². The Bertz CT molecular complexity index is 1030. The van der Waals surface area contributed by atoms with E-state index in [1.165, 1.54) is 6.92 Å². The van der Waals surface area contributed by atoms with E-state index >= 15 is 0 Å². The highest BCUT2D eigenvalue weighted by atomic mass is 16.7. The van der Waals surface area contributed by atoms with Crippen molar-refractivity contribution in [3.05, 3.63) is 47.7 Å². The molecule has 1 aromatic carbocycles. The van der Waals surface area contributed by atoms with Crippen LogP contribution in [-0.2, 0) is 28.6 Å². The molecule has 210 valence electrons. The van der Waals surface area contributed by atoms with Crippen LogP contribution in [0.15, 0.2) is 47.2 Å². The minimum Gasteiger partial charge on any atom is -0.478 e. The number of hydrogen-bond donors (Lipinski definition) is 7. The number of aliphatic imine (C=N–C) groups is 1. The number of amides is 1. The molecule has 0 radical (unpaired) electrons. The SMILES string of the molecule is CC(=O)N[C@H]1[C@H]([C@@H](O)[C@H](O)CO)OC(C(=O)OC(OC(=O)[C@H](N)C(C)C)c2ccccc2)=C[C@@H]1N=C(N)N. The Morgan fingerprint density at radius 2 is 1.76 bits per heavy atom. The maximum atomic E-state index is 13.2. The highest BCUT2D eigenvalue weighted by Gasteiger charge is 2.44. The summed E-state index contributed by atoms with van der Waals surface area (Å²) in [4.78, 5) is 41.6. The van der Waals surface area contributed by atoms with Crippen molar-refractivity contribution >= 4 is 23.8 Å². The van der Waals surface area contributed by atoms with Gasteiger partial charge in [0.1, 0.15) is 24.4 Å². The Morgan fingerprint density at radius 3 is 2.29 bits per heavy atom. The van der Waals surface area contributed by atoms with E-state index in [0.717, 1.165) is 6.08 Å². The van der Waals surface area contributed by atoms with E-state index < -0.39 is 78.9 Å². The molecule has 0 saturated carbocycles. The lowest BCUT2D eigenvalue weighted by Gasteiger charge is -2.38. The fourth-order valence-electron chi connectivity index (χ4n) is 3.51. The summed E-state index contributed by atoms with van der Waals surface area (Å²) in [6.45, 7) is 3.77. The molecule has 0 fully saturated rings. The first-order chi connectivity index (χ1) is 17.8. The smallest absolute Gasteiger partial charge is 0.376 e. The maximum Gasteiger partial charge on any atom is 0.376 e. The number of carbonyl (C=O) groups excluding carboxylic acids is 3. The average Bonchev–Trinajstić information content (AvgIpc) is 2.87. The van der Waals surface area contributed by atoms with Crippen molar-refractivity contribution in [3.8, 4) is 0 Å². The highest BCUT2D eigenvalue weighted by molar-refractivity contribution is 5.87. The molecule has 1 unspecified atom stereocenters. The van der Waals surface area contributed by atoms with Crippen LogP contribution >= 0.6 is 0 Å². The molecule has 0 aromatic heterocycles. The number of guanidine groups is 1. The van der Waals surface area contributed by atoms with Crippen LogP contribution in [0.5, 0.6) is 0 Å². The van der Waals surface area contributed by atoms with Crippen LogP contribution in [0.3, 0.4) is 0 Å². The largest absolute Gasteiger partial charge is 0.478 e. The molecule has 14 nitrogen and oxygen atoms in total. The summed E-state index contributed by atoms with van der Waals surface area (Å²) in [7, 11) is 0. The molecule has 0 bridgehead atoms. The minimum absolute atomic E-state index is 0.259. The number of nitrogens with two attached hydrogens (primary N) is 3. The second kappa shape index (κ2) is 13.7. The molecular weight excluding hydrogens is 502 g/mol. The van der Waals surface area contributed by atoms with E-state index in [4.69, 9.17) is 31.4 Å². The summed E-state index contributed by atoms with van der Waals surface area (Å²) in [6.07, 6.45) is -5.39. The fraction of sp³-hybridized carbons (Fsp3) is 0.500. The molecule has 1 aliphatic rings. The predicted molar refractivity (Wildman–Crippen MR) is 133 cm³/mol. The Balaban J connectivity index is 2.44. The van der Waals surface area contributed by atoms with E-state index in [0.29, 0.717) is 5.56 Å². The number of nitrogens with zero attached hydrogens (tertiary/aromatic N) is 1. The van der Waals surface area contributed by atoms with Crippen molar-refractivity contribution in [3.63, 3.8) is 0 Å². The second-order valence-electron chi connectivity index (χ2n) is 8.98. The van der Waals surface area contributed by atoms with Gasteiger partial charge in [-0.15, -0.1) is 0 Å². The first kappa shape index (κ1) is 30.5. The van der Waals surface area contributed by atoms with Gasteiger partial charge in [0.2, 0.25) is 11.7 Å². The third-order valence-corrected chi connectivity index (χ3v) is 5.59. The molecule has 0 aliphatic carbocycles. The second-order valence-corrected chi connectivity index (χ2v) is 8.98. The molecule has 1 aliphatic heterocycles. The van der Waals surface area contributed by atoms with E-state index in [2.05, 4.69) is 10.3 Å². The van der Waals surface area contributed by atoms with E-state index in [-0.39, 0.29) is 5.92 Å². The lowest BCUT2D eigenvalue weighted by atomic mass is 9.92. The van der Waals surface area contributed by atoms with Gasteiger partial charge in [-0.25, -0.2) is 9.79 Å². The summed E-state index contributed by atoms with van der Waals surface area (Å²) in [6, 6.07) is 4.79. The Morgan fingerprint density at radius 1 is 1.13 bits per heavy atom. The number of aliphatic hydroxyl groups is 3. The van der Waals surface area contributed by atoms with Gasteiger partial charge in [-0.05, 0) is 12.0 Å². The molecule has 14 heteroatoms. The topological polar surface area (TPSA) is 242 Å². The standard InChI is InChI=1S/C24H35N5O9/c1-11(2)17(25)22(35)38-23(13-7-5-4-6-8-13)37-21(34)16-9-14(29-24(26)27)18(28-12(3)31)20(36-16)19(33)15(32)10-30/h4-9,11,14-15,17-20,23,30,32-33H,10,25H2,1-3H3,(H,28,31)(H4,26,27,29)/t14-,15+,17+,18+,19-,20+,23?/m0/s1. The Hall–Kier alpha value is -3.72. The first-order valence-electron chi connectivity index (χ1n) is 11.8. The quantitative estimate of drug-likeness (QED) is 0.0694. The van der Waals surface area contributed by atoms with Crippen molar-refractivity contribution in [1.29, 1.82) is 0 Å². The molecule has 1 aromatic rings. The van der Waals surface area contributed by atoms with Crippen molar-refractivity contribution in [1.82, 2.24) is 5.32 Å². The van der Waals surface area contributed by atoms with Crippen LogP contribution in [0.1, 0.15) is 32.6 Å². The fourth-order valence-corrected chi connectivity index (χ4v) is 3.51. The van der Waals surface area contributed by atoms with E-state index in [9.17, 15) is 29.7 Å². The van der Waals surface area contributed by atoms with Gasteiger partial charge < -0.3 is 52.0 Å². The van der Waals surface area contributed by atoms with Crippen LogP contribution in [0, 0.1) is 5.92 Å². The minimum atomic E-state index is -1.79. The summed E-state index contributed by atoms with van der Waals surface area (Å²) in [5.74, 6) is -3.69. The molecule has 10 N–H and O–H groups in total. The van der Waals surface area contributed by atoms with Gasteiger partial charge >= 0.3 is 11.9 Å². The molecule has 38 heavy (non-hydrogen) atoms. The normalized spacial score (nSPS) is 22.1. The number of hydrogen-bond acceptors (Lipinski definition) is 11. The molecule has 2 rings (SSSR count).